The van der Waals surface area contributed by atoms with Gasteiger partial charge in [0, 0.05) is 12.2 Å². The van der Waals surface area contributed by atoms with Crippen LogP contribution in [0.1, 0.15) is 32.8 Å². The number of imide groups is 1. The van der Waals surface area contributed by atoms with E-state index in [1.807, 2.05) is 20.0 Å². The van der Waals surface area contributed by atoms with E-state index in [1.54, 1.807) is 24.7 Å². The lowest BCUT2D eigenvalue weighted by Crippen LogP contribution is -2.51. The third-order valence-corrected chi connectivity index (χ3v) is 4.04. The molecule has 9 heteroatoms. The highest BCUT2D eigenvalue weighted by atomic mass is 16.2. The zero-order chi connectivity index (χ0) is 17.9. The van der Waals surface area contributed by atoms with Crippen LogP contribution in [0.2, 0.25) is 0 Å². The summed E-state index contributed by atoms with van der Waals surface area (Å²) >= 11 is 0. The molecule has 1 aliphatic rings. The van der Waals surface area contributed by atoms with Crippen molar-refractivity contribution in [1.82, 2.24) is 30.8 Å². The van der Waals surface area contributed by atoms with Crippen LogP contribution in [0.4, 0.5) is 4.79 Å². The number of nitrogens with zero attached hydrogens (tertiary/aromatic N) is 3. The molecule has 1 aliphatic heterocycles. The minimum absolute atomic E-state index is 0.000867. The summed E-state index contributed by atoms with van der Waals surface area (Å²) in [7, 11) is 0. The van der Waals surface area contributed by atoms with Crippen molar-refractivity contribution in [2.75, 3.05) is 6.54 Å². The summed E-state index contributed by atoms with van der Waals surface area (Å²) in [5.74, 6) is -0.911. The number of amides is 4. The maximum Gasteiger partial charge on any atom is 0.344 e. The summed E-state index contributed by atoms with van der Waals surface area (Å²) in [5.41, 5.74) is 2.44. The highest BCUT2D eigenvalue weighted by Gasteiger charge is 2.47. The number of aromatic nitrogens is 2. The third kappa shape index (κ3) is 3.91. The summed E-state index contributed by atoms with van der Waals surface area (Å²) in [5, 5.41) is 10.5. The van der Waals surface area contributed by atoms with Gasteiger partial charge in [-0.1, -0.05) is 6.92 Å². The number of hydrogen-bond donors (Lipinski definition) is 3. The van der Waals surface area contributed by atoms with Crippen molar-refractivity contribution in [3.8, 4) is 0 Å². The number of carbonyl (C=O) groups is 3. The maximum absolute atomic E-state index is 12.2. The van der Waals surface area contributed by atoms with Crippen molar-refractivity contribution in [2.24, 2.45) is 0 Å². The number of aryl methyl sites for hydroxylation is 1. The number of carbonyl (C=O) groups excluding carboxylic acids is 3. The van der Waals surface area contributed by atoms with Crippen molar-refractivity contribution in [2.45, 2.75) is 52.2 Å². The van der Waals surface area contributed by atoms with Crippen molar-refractivity contribution in [3.05, 3.63) is 18.0 Å². The van der Waals surface area contributed by atoms with Gasteiger partial charge in [0.15, 0.2) is 0 Å². The lowest BCUT2D eigenvalue weighted by molar-refractivity contribution is -0.138. The van der Waals surface area contributed by atoms with E-state index in [1.165, 1.54) is 0 Å². The van der Waals surface area contributed by atoms with Gasteiger partial charge in [-0.15, -0.1) is 0 Å². The van der Waals surface area contributed by atoms with E-state index in [0.717, 1.165) is 10.6 Å². The molecule has 2 heterocycles. The van der Waals surface area contributed by atoms with Gasteiger partial charge in [0.25, 0.3) is 11.8 Å². The second-order valence-corrected chi connectivity index (χ2v) is 6.31. The Morgan fingerprint density at radius 1 is 1.46 bits per heavy atom. The fourth-order valence-corrected chi connectivity index (χ4v) is 2.37. The second kappa shape index (κ2) is 7.00. The molecule has 0 spiro atoms. The summed E-state index contributed by atoms with van der Waals surface area (Å²) in [6.45, 7) is 7.90. The summed E-state index contributed by atoms with van der Waals surface area (Å²) in [4.78, 5) is 36.0. The normalized spacial score (nSPS) is 21.8. The molecule has 4 amide bonds. The van der Waals surface area contributed by atoms with Crippen molar-refractivity contribution < 1.29 is 14.4 Å². The molecule has 132 valence electrons. The molecule has 1 aromatic rings. The lowest BCUT2D eigenvalue weighted by Gasteiger charge is -2.20. The zero-order valence-corrected chi connectivity index (χ0v) is 14.4. The van der Waals surface area contributed by atoms with E-state index < -0.39 is 23.4 Å². The van der Waals surface area contributed by atoms with E-state index in [4.69, 9.17) is 0 Å². The minimum atomic E-state index is -0.969. The largest absolute Gasteiger partial charge is 0.344 e. The molecule has 0 aromatic carbocycles. The Bertz CT molecular complexity index is 643. The number of nitrogens with one attached hydrogen (secondary N) is 3. The first-order valence-corrected chi connectivity index (χ1v) is 7.94. The van der Waals surface area contributed by atoms with Crippen LogP contribution in [0, 0.1) is 6.92 Å². The van der Waals surface area contributed by atoms with Crippen LogP contribution in [0.15, 0.2) is 12.4 Å². The third-order valence-electron chi connectivity index (χ3n) is 4.04. The van der Waals surface area contributed by atoms with Gasteiger partial charge in [-0.25, -0.2) is 4.79 Å². The Hall–Kier alpha value is -2.42. The van der Waals surface area contributed by atoms with E-state index in [9.17, 15) is 14.4 Å². The number of hydrogen-bond acceptors (Lipinski definition) is 5. The summed E-state index contributed by atoms with van der Waals surface area (Å²) in [6, 6.07) is -0.614. The standard InChI is InChI=1S/C15H24N6O3/c1-5-15(4)13(23)21(14(24)18-15)19-12(22)7-16-11(3)9-20-8-10(2)6-17-20/h6,8,11,16H,5,7,9H2,1-4H3,(H,18,24)(H,19,22)/t11-,15-/m0/s1. The van der Waals surface area contributed by atoms with Gasteiger partial charge in [0.1, 0.15) is 5.54 Å². The maximum atomic E-state index is 12.2. The molecule has 3 N–H and O–H groups in total. The van der Waals surface area contributed by atoms with Crippen LogP contribution in [-0.2, 0) is 16.1 Å². The van der Waals surface area contributed by atoms with Gasteiger partial charge in [-0.2, -0.15) is 10.1 Å². The molecule has 9 nitrogen and oxygen atoms in total. The van der Waals surface area contributed by atoms with Gasteiger partial charge in [0.05, 0.1) is 19.3 Å². The van der Waals surface area contributed by atoms with Crippen LogP contribution in [0.5, 0.6) is 0 Å². The van der Waals surface area contributed by atoms with Crippen molar-refractivity contribution in [3.63, 3.8) is 0 Å². The van der Waals surface area contributed by atoms with E-state index in [0.29, 0.717) is 13.0 Å². The predicted molar refractivity (Wildman–Crippen MR) is 86.6 cm³/mol. The van der Waals surface area contributed by atoms with Crippen LogP contribution >= 0.6 is 0 Å². The van der Waals surface area contributed by atoms with Gasteiger partial charge in [-0.05, 0) is 32.8 Å². The van der Waals surface area contributed by atoms with Crippen molar-refractivity contribution in [1.29, 1.82) is 0 Å². The minimum Gasteiger partial charge on any atom is -0.322 e. The molecule has 1 fully saturated rings. The average Bonchev–Trinajstić information content (AvgIpc) is 3.02. The Balaban J connectivity index is 1.81. The van der Waals surface area contributed by atoms with Gasteiger partial charge in [-0.3, -0.25) is 19.7 Å². The molecule has 2 atom stereocenters. The van der Waals surface area contributed by atoms with Crippen LogP contribution in [-0.4, -0.2) is 50.8 Å². The first kappa shape index (κ1) is 17.9. The molecule has 0 aliphatic carbocycles. The lowest BCUT2D eigenvalue weighted by atomic mass is 10.00. The molecule has 0 saturated carbocycles. The zero-order valence-electron chi connectivity index (χ0n) is 14.4. The summed E-state index contributed by atoms with van der Waals surface area (Å²) in [6.07, 6.45) is 4.13. The van der Waals surface area contributed by atoms with Gasteiger partial charge in [0.2, 0.25) is 0 Å². The Labute approximate surface area is 140 Å². The fraction of sp³-hybridized carbons (Fsp3) is 0.600. The SMILES string of the molecule is CC[C@]1(C)NC(=O)N(NC(=O)CN[C@@H](C)Cn2cc(C)cn2)C1=O. The fourth-order valence-electron chi connectivity index (χ4n) is 2.37. The van der Waals surface area contributed by atoms with Crippen LogP contribution < -0.4 is 16.1 Å². The molecular weight excluding hydrogens is 312 g/mol. The van der Waals surface area contributed by atoms with Gasteiger partial charge < -0.3 is 10.6 Å². The molecule has 1 aromatic heterocycles. The highest BCUT2D eigenvalue weighted by molar-refractivity contribution is 6.07. The monoisotopic (exact) mass is 336 g/mol. The number of urea groups is 1. The molecule has 2 rings (SSSR count). The number of hydrazine groups is 1. The van der Waals surface area contributed by atoms with E-state index in [2.05, 4.69) is 21.2 Å². The molecular formula is C15H24N6O3. The predicted octanol–water partition coefficient (Wildman–Crippen LogP) is -0.0787. The van der Waals surface area contributed by atoms with E-state index >= 15 is 0 Å². The van der Waals surface area contributed by atoms with Gasteiger partial charge >= 0.3 is 6.03 Å². The topological polar surface area (TPSA) is 108 Å². The number of rotatable bonds is 7. The quantitative estimate of drug-likeness (QED) is 0.604. The molecule has 0 unspecified atom stereocenters. The first-order valence-electron chi connectivity index (χ1n) is 7.94. The Kier molecular flexibility index (Phi) is 5.23. The molecule has 1 saturated heterocycles. The van der Waals surface area contributed by atoms with Crippen molar-refractivity contribution >= 4 is 17.8 Å². The molecule has 24 heavy (non-hydrogen) atoms. The molecule has 0 bridgehead atoms. The smallest absolute Gasteiger partial charge is 0.322 e. The highest BCUT2D eigenvalue weighted by Crippen LogP contribution is 2.18. The Morgan fingerprint density at radius 3 is 2.71 bits per heavy atom. The first-order chi connectivity index (χ1) is 11.2. The summed E-state index contributed by atoms with van der Waals surface area (Å²) < 4.78 is 1.79. The Morgan fingerprint density at radius 2 is 2.17 bits per heavy atom. The second-order valence-electron chi connectivity index (χ2n) is 6.31. The van der Waals surface area contributed by atoms with Crippen LogP contribution in [0.25, 0.3) is 0 Å². The van der Waals surface area contributed by atoms with Crippen LogP contribution in [0.3, 0.4) is 0 Å². The molecule has 0 radical (unpaired) electrons. The average molecular weight is 336 g/mol. The van der Waals surface area contributed by atoms with E-state index in [-0.39, 0.29) is 12.6 Å².